The highest BCUT2D eigenvalue weighted by Crippen LogP contribution is 2.21. The van der Waals surface area contributed by atoms with E-state index in [1.165, 1.54) is 17.8 Å². The molecule has 1 heterocycles. The summed E-state index contributed by atoms with van der Waals surface area (Å²) >= 11 is 1.31. The van der Waals surface area contributed by atoms with Crippen LogP contribution in [0.25, 0.3) is 0 Å². The molecule has 0 aliphatic carbocycles. The normalized spacial score (nSPS) is 12.4. The lowest BCUT2D eigenvalue weighted by Crippen LogP contribution is -2.14. The Morgan fingerprint density at radius 3 is 2.68 bits per heavy atom. The summed E-state index contributed by atoms with van der Waals surface area (Å²) in [6.45, 7) is 1.49. The molecule has 2 rings (SSSR count). The molecule has 1 N–H and O–H groups in total. The number of Topliss-reactive ketones (excluding diaryl/α,β-unsaturated/α-hetero) is 1. The Bertz CT molecular complexity index is 691. The predicted molar refractivity (Wildman–Crippen MR) is 77.5 cm³/mol. The Hall–Kier alpha value is -1.80. The van der Waals surface area contributed by atoms with Crippen molar-refractivity contribution in [3.63, 3.8) is 0 Å². The first-order valence-corrected chi connectivity index (χ1v) is 7.53. The maximum atomic E-state index is 13.2. The van der Waals surface area contributed by atoms with Crippen molar-refractivity contribution in [2.24, 2.45) is 13.0 Å². The Morgan fingerprint density at radius 1 is 1.36 bits per heavy atom. The molecule has 0 fully saturated rings. The van der Waals surface area contributed by atoms with Crippen molar-refractivity contribution in [2.75, 3.05) is 5.75 Å². The lowest BCUT2D eigenvalue weighted by Gasteiger charge is -2.10. The smallest absolute Gasteiger partial charge is 0.191 e. The van der Waals surface area contributed by atoms with Crippen LogP contribution in [-0.2, 0) is 13.7 Å². The van der Waals surface area contributed by atoms with Crippen LogP contribution in [0.5, 0.6) is 0 Å². The summed E-state index contributed by atoms with van der Waals surface area (Å²) in [6.07, 6.45) is 0. The topological polar surface area (TPSA) is 68.0 Å². The molecule has 0 bridgehead atoms. The van der Waals surface area contributed by atoms with Crippen LogP contribution in [0.1, 0.15) is 23.1 Å². The zero-order valence-electron chi connectivity index (χ0n) is 12.1. The summed E-state index contributed by atoms with van der Waals surface area (Å²) in [5.74, 6) is -1.84. The van der Waals surface area contributed by atoms with Gasteiger partial charge in [-0.2, -0.15) is 0 Å². The summed E-state index contributed by atoms with van der Waals surface area (Å²) in [7, 11) is 1.72. The van der Waals surface area contributed by atoms with E-state index in [9.17, 15) is 13.6 Å². The van der Waals surface area contributed by atoms with Crippen molar-refractivity contribution in [1.29, 1.82) is 0 Å². The molecular formula is C14H15F2N3O2S. The van der Waals surface area contributed by atoms with Gasteiger partial charge in [-0.15, -0.1) is 10.2 Å². The van der Waals surface area contributed by atoms with Crippen LogP contribution < -0.4 is 0 Å². The molecule has 1 aromatic carbocycles. The minimum atomic E-state index is -1.04. The molecule has 0 saturated heterocycles. The van der Waals surface area contributed by atoms with E-state index < -0.39 is 17.6 Å². The van der Waals surface area contributed by atoms with Gasteiger partial charge in [0.2, 0.25) is 0 Å². The van der Waals surface area contributed by atoms with Gasteiger partial charge in [-0.3, -0.25) is 4.79 Å². The van der Waals surface area contributed by atoms with Crippen molar-refractivity contribution in [3.8, 4) is 0 Å². The molecule has 0 aliphatic rings. The minimum absolute atomic E-state index is 0.140. The van der Waals surface area contributed by atoms with Crippen molar-refractivity contribution >= 4 is 17.5 Å². The molecular weight excluding hydrogens is 312 g/mol. The van der Waals surface area contributed by atoms with E-state index in [1.54, 1.807) is 18.5 Å². The number of hydrogen-bond acceptors (Lipinski definition) is 5. The van der Waals surface area contributed by atoms with Gasteiger partial charge in [-0.25, -0.2) is 8.78 Å². The van der Waals surface area contributed by atoms with E-state index in [0.717, 1.165) is 12.1 Å². The van der Waals surface area contributed by atoms with E-state index in [4.69, 9.17) is 5.11 Å². The van der Waals surface area contributed by atoms with Crippen LogP contribution in [0.2, 0.25) is 0 Å². The molecule has 0 saturated carbocycles. The van der Waals surface area contributed by atoms with Crippen LogP contribution in [0.15, 0.2) is 23.4 Å². The molecule has 0 spiro atoms. The Kier molecular flexibility index (Phi) is 5.25. The van der Waals surface area contributed by atoms with E-state index in [0.29, 0.717) is 16.7 Å². The van der Waals surface area contributed by atoms with Gasteiger partial charge in [0.1, 0.15) is 6.61 Å². The maximum Gasteiger partial charge on any atom is 0.191 e. The largest absolute Gasteiger partial charge is 0.388 e. The third kappa shape index (κ3) is 3.50. The molecule has 1 atom stereocenters. The van der Waals surface area contributed by atoms with Gasteiger partial charge < -0.3 is 9.67 Å². The first-order chi connectivity index (χ1) is 10.4. The van der Waals surface area contributed by atoms with Crippen LogP contribution >= 0.6 is 11.8 Å². The second-order valence-corrected chi connectivity index (χ2v) is 5.81. The van der Waals surface area contributed by atoms with Crippen molar-refractivity contribution in [1.82, 2.24) is 14.8 Å². The van der Waals surface area contributed by atoms with Crippen LogP contribution in [0.3, 0.4) is 0 Å². The molecule has 8 heteroatoms. The minimum Gasteiger partial charge on any atom is -0.388 e. The lowest BCUT2D eigenvalue weighted by molar-refractivity contribution is 0.0941. The van der Waals surface area contributed by atoms with Gasteiger partial charge in [0.05, 0.1) is 0 Å². The number of aliphatic hydroxyl groups is 1. The molecule has 5 nitrogen and oxygen atoms in total. The van der Waals surface area contributed by atoms with Crippen molar-refractivity contribution in [2.45, 2.75) is 18.7 Å². The van der Waals surface area contributed by atoms with E-state index >= 15 is 0 Å². The third-order valence-electron chi connectivity index (χ3n) is 3.18. The Labute approximate surface area is 130 Å². The molecule has 0 radical (unpaired) electrons. The number of ketones is 1. The van der Waals surface area contributed by atoms with E-state index in [1.807, 2.05) is 0 Å². The molecule has 118 valence electrons. The van der Waals surface area contributed by atoms with Crippen molar-refractivity contribution < 1.29 is 18.7 Å². The summed E-state index contributed by atoms with van der Waals surface area (Å²) in [5, 5.41) is 17.3. The predicted octanol–water partition coefficient (Wildman–Crippen LogP) is 2.20. The first kappa shape index (κ1) is 16.6. The first-order valence-electron chi connectivity index (χ1n) is 6.55. The maximum absolute atomic E-state index is 13.2. The zero-order chi connectivity index (χ0) is 16.3. The molecule has 0 aliphatic heterocycles. The number of benzene rings is 1. The van der Waals surface area contributed by atoms with Gasteiger partial charge in [0, 0.05) is 24.3 Å². The monoisotopic (exact) mass is 327 g/mol. The van der Waals surface area contributed by atoms with Gasteiger partial charge in [-0.1, -0.05) is 18.7 Å². The summed E-state index contributed by atoms with van der Waals surface area (Å²) < 4.78 is 27.7. The van der Waals surface area contributed by atoms with Crippen molar-refractivity contribution in [3.05, 3.63) is 41.2 Å². The number of carbonyl (C=O) groups is 1. The number of aromatic nitrogens is 3. The van der Waals surface area contributed by atoms with Gasteiger partial charge >= 0.3 is 0 Å². The fourth-order valence-electron chi connectivity index (χ4n) is 1.82. The standard InChI is InChI=1S/C14H15F2N3O2S/c1-8(7-22-14-18-17-12(6-20)19(14)2)13(21)9-3-4-10(15)11(16)5-9/h3-5,8,20H,6-7H2,1-2H3/t8-/m0/s1. The quantitative estimate of drug-likeness (QED) is 0.651. The number of rotatable bonds is 6. The molecule has 22 heavy (non-hydrogen) atoms. The summed E-state index contributed by atoms with van der Waals surface area (Å²) in [6, 6.07) is 3.12. The Balaban J connectivity index is 2.02. The average molecular weight is 327 g/mol. The fourth-order valence-corrected chi connectivity index (χ4v) is 2.77. The SMILES string of the molecule is C[C@@H](CSc1nnc(CO)n1C)C(=O)c1ccc(F)c(F)c1. The summed E-state index contributed by atoms with van der Waals surface area (Å²) in [5.41, 5.74) is 0.140. The van der Waals surface area contributed by atoms with Gasteiger partial charge in [-0.05, 0) is 18.2 Å². The Morgan fingerprint density at radius 2 is 2.09 bits per heavy atom. The molecule has 2 aromatic rings. The molecule has 0 amide bonds. The van der Waals surface area contributed by atoms with E-state index in [-0.39, 0.29) is 18.0 Å². The van der Waals surface area contributed by atoms with Crippen LogP contribution in [0.4, 0.5) is 8.78 Å². The highest BCUT2D eigenvalue weighted by Gasteiger charge is 2.18. The zero-order valence-corrected chi connectivity index (χ0v) is 12.9. The van der Waals surface area contributed by atoms with Gasteiger partial charge in [0.25, 0.3) is 0 Å². The second kappa shape index (κ2) is 6.97. The number of carbonyl (C=O) groups excluding carboxylic acids is 1. The van der Waals surface area contributed by atoms with E-state index in [2.05, 4.69) is 10.2 Å². The lowest BCUT2D eigenvalue weighted by atomic mass is 10.0. The van der Waals surface area contributed by atoms with Crippen LogP contribution in [0, 0.1) is 17.6 Å². The fraction of sp³-hybridized carbons (Fsp3) is 0.357. The number of nitrogens with zero attached hydrogens (tertiary/aromatic N) is 3. The summed E-state index contributed by atoms with van der Waals surface area (Å²) in [4.78, 5) is 12.2. The number of thioether (sulfide) groups is 1. The highest BCUT2D eigenvalue weighted by atomic mass is 32.2. The molecule has 0 unspecified atom stereocenters. The highest BCUT2D eigenvalue weighted by molar-refractivity contribution is 7.99. The number of aliphatic hydroxyl groups excluding tert-OH is 1. The third-order valence-corrected chi connectivity index (χ3v) is 4.46. The molecule has 1 aromatic heterocycles. The second-order valence-electron chi connectivity index (χ2n) is 4.82. The number of hydrogen-bond donors (Lipinski definition) is 1. The van der Waals surface area contributed by atoms with Gasteiger partial charge in [0.15, 0.2) is 28.4 Å². The number of halogens is 2. The average Bonchev–Trinajstić information content (AvgIpc) is 2.87. The van der Waals surface area contributed by atoms with Crippen LogP contribution in [-0.4, -0.2) is 31.4 Å².